The van der Waals surface area contributed by atoms with E-state index in [4.69, 9.17) is 25.8 Å². The summed E-state index contributed by atoms with van der Waals surface area (Å²) in [6, 6.07) is 7.93. The number of hydroxylamine groups is 2. The van der Waals surface area contributed by atoms with Crippen LogP contribution in [0.15, 0.2) is 52.3 Å². The second-order valence-corrected chi connectivity index (χ2v) is 12.3. The fourth-order valence-corrected chi connectivity index (χ4v) is 6.79. The Kier molecular flexibility index (Phi) is 5.87. The van der Waals surface area contributed by atoms with Crippen LogP contribution in [-0.2, 0) is 45.0 Å². The molecule has 6 rings (SSSR count). The quantitative estimate of drug-likeness (QED) is 0.136. The van der Waals surface area contributed by atoms with Gasteiger partial charge in [0.1, 0.15) is 0 Å². The number of hydrogen-bond donors (Lipinski definition) is 4. The highest BCUT2D eigenvalue weighted by atomic mass is 32.2. The van der Waals surface area contributed by atoms with Gasteiger partial charge in [0, 0.05) is 29.5 Å². The molecule has 18 heteroatoms. The largest absolute Gasteiger partial charge is 0.453 e. The Balaban J connectivity index is 1.62. The molecule has 6 N–H and O–H groups in total. The highest BCUT2D eigenvalue weighted by molar-refractivity contribution is 7.86. The van der Waals surface area contributed by atoms with E-state index in [9.17, 15) is 45.1 Å². The van der Waals surface area contributed by atoms with Crippen molar-refractivity contribution in [3.63, 3.8) is 0 Å². The normalized spacial score (nSPS) is 16.8. The van der Waals surface area contributed by atoms with Crippen LogP contribution < -0.4 is 16.2 Å². The minimum atomic E-state index is -5.17. The number of carbonyl (C=O) groups excluding carboxylic acids is 4. The fourth-order valence-electron chi connectivity index (χ4n) is 5.28. The number of nitrogens with two attached hydrogens (primary N) is 2. The van der Waals surface area contributed by atoms with Crippen molar-refractivity contribution >= 4 is 55.4 Å². The summed E-state index contributed by atoms with van der Waals surface area (Å²) < 4.78 is 81.1. The Morgan fingerprint density at radius 1 is 0.814 bits per heavy atom. The molecule has 0 saturated carbocycles. The standard InChI is InChI=1S/C25H17N3O13S2/c26-15-5-3-13-19(21(15)42(33,34)35)39-20-14(4-6-16(27)22(20)43(36,37)38)25(13)12-2-1-10(9-11(12)24(32)40-25)23(31)41-28-17(29)7-8-18(28)30/h1-6,9H,7-8,26-27H2,(H,33,34,35)(H,36,37,38). The average Bonchev–Trinajstić information content (AvgIpc) is 3.37. The molecular formula is C25H17N3O13S2. The van der Waals surface area contributed by atoms with Crippen molar-refractivity contribution in [3.8, 4) is 11.5 Å². The fraction of sp³-hybridized carbons (Fsp3) is 0.120. The maximum Gasteiger partial charge on any atom is 0.363 e. The van der Waals surface area contributed by atoms with Crippen molar-refractivity contribution in [2.45, 2.75) is 28.2 Å². The lowest BCUT2D eigenvalue weighted by Crippen LogP contribution is -2.34. The molecule has 1 saturated heterocycles. The number of hydrogen-bond acceptors (Lipinski definition) is 13. The molecule has 16 nitrogen and oxygen atoms in total. The van der Waals surface area contributed by atoms with E-state index in [0.717, 1.165) is 24.3 Å². The van der Waals surface area contributed by atoms with Crippen LogP contribution in [0.1, 0.15) is 50.2 Å². The van der Waals surface area contributed by atoms with Crippen molar-refractivity contribution in [2.75, 3.05) is 11.5 Å². The predicted molar refractivity (Wildman–Crippen MR) is 140 cm³/mol. The minimum Gasteiger partial charge on any atom is -0.453 e. The van der Waals surface area contributed by atoms with E-state index in [1.165, 1.54) is 18.2 Å². The van der Waals surface area contributed by atoms with E-state index in [2.05, 4.69) is 0 Å². The molecule has 2 amide bonds. The number of ether oxygens (including phenoxy) is 2. The van der Waals surface area contributed by atoms with Gasteiger partial charge < -0.3 is 25.8 Å². The average molecular weight is 632 g/mol. The lowest BCUT2D eigenvalue weighted by Gasteiger charge is -2.37. The van der Waals surface area contributed by atoms with E-state index in [-0.39, 0.29) is 40.7 Å². The first-order valence-corrected chi connectivity index (χ1v) is 14.9. The van der Waals surface area contributed by atoms with E-state index in [0.29, 0.717) is 5.06 Å². The summed E-state index contributed by atoms with van der Waals surface area (Å²) in [6.07, 6.45) is -0.309. The molecule has 0 aromatic heterocycles. The Labute approximate surface area is 241 Å². The van der Waals surface area contributed by atoms with E-state index in [1.54, 1.807) is 0 Å². The van der Waals surface area contributed by atoms with Gasteiger partial charge in [-0.25, -0.2) is 9.59 Å². The van der Waals surface area contributed by atoms with Gasteiger partial charge in [0.15, 0.2) is 26.9 Å². The van der Waals surface area contributed by atoms with Gasteiger partial charge in [-0.05, 0) is 36.4 Å². The van der Waals surface area contributed by atoms with Gasteiger partial charge in [0.2, 0.25) is 0 Å². The van der Waals surface area contributed by atoms with Crippen LogP contribution in [0.4, 0.5) is 11.4 Å². The summed E-state index contributed by atoms with van der Waals surface area (Å²) in [5.41, 5.74) is 7.31. The van der Waals surface area contributed by atoms with Crippen molar-refractivity contribution in [3.05, 3.63) is 70.3 Å². The maximum absolute atomic E-state index is 13.4. The Bertz CT molecular complexity index is 1970. The van der Waals surface area contributed by atoms with E-state index < -0.39 is 82.3 Å². The molecule has 1 fully saturated rings. The molecule has 222 valence electrons. The molecule has 1 spiro atoms. The molecule has 0 unspecified atom stereocenters. The Morgan fingerprint density at radius 2 is 1.30 bits per heavy atom. The zero-order chi connectivity index (χ0) is 31.2. The van der Waals surface area contributed by atoms with Crippen molar-refractivity contribution in [1.29, 1.82) is 0 Å². The molecule has 3 aliphatic heterocycles. The summed E-state index contributed by atoms with van der Waals surface area (Å²) in [5.74, 6) is -5.21. The van der Waals surface area contributed by atoms with Crippen molar-refractivity contribution in [1.82, 2.24) is 5.06 Å². The van der Waals surface area contributed by atoms with Gasteiger partial charge in [0.05, 0.1) is 22.5 Å². The number of benzene rings is 3. The molecule has 0 radical (unpaired) electrons. The first-order valence-electron chi connectivity index (χ1n) is 12.0. The Morgan fingerprint density at radius 3 is 1.79 bits per heavy atom. The van der Waals surface area contributed by atoms with Gasteiger partial charge >= 0.3 is 11.9 Å². The van der Waals surface area contributed by atoms with Crippen LogP contribution in [0.5, 0.6) is 11.5 Å². The summed E-state index contributed by atoms with van der Waals surface area (Å²) >= 11 is 0. The first kappa shape index (κ1) is 28.1. The van der Waals surface area contributed by atoms with Gasteiger partial charge in [0.25, 0.3) is 32.1 Å². The van der Waals surface area contributed by atoms with Gasteiger partial charge in [-0.3, -0.25) is 18.7 Å². The SMILES string of the molecule is Nc1ccc2c(c1S(=O)(=O)O)Oc1c(ccc(N)c1S(=O)(=O)O)C21OC(=O)c2cc(C(=O)ON3C(=O)CCC3=O)ccc21. The highest BCUT2D eigenvalue weighted by Gasteiger charge is 2.56. The smallest absolute Gasteiger partial charge is 0.363 e. The third kappa shape index (κ3) is 4.02. The summed E-state index contributed by atoms with van der Waals surface area (Å²) in [6.45, 7) is 0. The second kappa shape index (κ2) is 8.98. The van der Waals surface area contributed by atoms with Crippen molar-refractivity contribution < 1.29 is 59.4 Å². The summed E-state index contributed by atoms with van der Waals surface area (Å²) in [4.78, 5) is 52.8. The van der Waals surface area contributed by atoms with Crippen LogP contribution in [0, 0.1) is 0 Å². The number of esters is 1. The van der Waals surface area contributed by atoms with Crippen LogP contribution in [0.3, 0.4) is 0 Å². The molecule has 3 aromatic carbocycles. The highest BCUT2D eigenvalue weighted by Crippen LogP contribution is 2.59. The van der Waals surface area contributed by atoms with Crippen LogP contribution in [-0.4, -0.2) is 54.8 Å². The van der Waals surface area contributed by atoms with Crippen LogP contribution >= 0.6 is 0 Å². The van der Waals surface area contributed by atoms with E-state index in [1.807, 2.05) is 0 Å². The lowest BCUT2D eigenvalue weighted by molar-refractivity contribution is -0.172. The van der Waals surface area contributed by atoms with Gasteiger partial charge in [-0.15, -0.1) is 5.06 Å². The number of rotatable bonds is 4. The van der Waals surface area contributed by atoms with Gasteiger partial charge in [-0.1, -0.05) is 6.07 Å². The number of fused-ring (bicyclic) bond motifs is 6. The zero-order valence-electron chi connectivity index (χ0n) is 21.3. The third-order valence-electron chi connectivity index (χ3n) is 7.04. The maximum atomic E-state index is 13.4. The van der Waals surface area contributed by atoms with Crippen molar-refractivity contribution in [2.24, 2.45) is 0 Å². The van der Waals surface area contributed by atoms with E-state index >= 15 is 0 Å². The third-order valence-corrected chi connectivity index (χ3v) is 8.92. The number of imide groups is 1. The van der Waals surface area contributed by atoms with Crippen LogP contribution in [0.2, 0.25) is 0 Å². The number of amides is 2. The molecule has 0 atom stereocenters. The molecule has 3 aromatic rings. The number of carbonyl (C=O) groups is 4. The topological polar surface area (TPSA) is 260 Å². The minimum absolute atomic E-state index is 0.0645. The second-order valence-electron chi connectivity index (χ2n) is 9.57. The number of nitrogens with zero attached hydrogens (tertiary/aromatic N) is 1. The number of nitrogen functional groups attached to an aromatic ring is 2. The van der Waals surface area contributed by atoms with Crippen LogP contribution in [0.25, 0.3) is 0 Å². The summed E-state index contributed by atoms with van der Waals surface area (Å²) in [7, 11) is -10.3. The molecule has 43 heavy (non-hydrogen) atoms. The monoisotopic (exact) mass is 631 g/mol. The molecule has 0 aliphatic carbocycles. The number of anilines is 2. The Hall–Kier alpha value is -5.04. The molecule has 3 aliphatic rings. The first-order chi connectivity index (χ1) is 20.1. The molecular weight excluding hydrogens is 614 g/mol. The molecule has 3 heterocycles. The zero-order valence-corrected chi connectivity index (χ0v) is 22.9. The van der Waals surface area contributed by atoms with Gasteiger partial charge in [-0.2, -0.15) is 16.8 Å². The lowest BCUT2D eigenvalue weighted by atomic mass is 9.77. The summed E-state index contributed by atoms with van der Waals surface area (Å²) in [5, 5.41) is 0.308. The molecule has 0 bridgehead atoms. The predicted octanol–water partition coefficient (Wildman–Crippen LogP) is 1.13.